The molecule has 1 aliphatic heterocycles. The normalized spacial score (nSPS) is 20.5. The fourth-order valence-corrected chi connectivity index (χ4v) is 1.78. The maximum absolute atomic E-state index is 12.8. The molecule has 116 valence electrons. The van der Waals surface area contributed by atoms with Crippen LogP contribution in [0.2, 0.25) is 0 Å². The van der Waals surface area contributed by atoms with Crippen LogP contribution in [0.15, 0.2) is 0 Å². The van der Waals surface area contributed by atoms with Gasteiger partial charge in [-0.25, -0.2) is 9.59 Å². The Bertz CT molecular complexity index is 374. The Kier molecular flexibility index (Phi) is 4.94. The number of alkyl halides is 2. The minimum atomic E-state index is -3.52. The van der Waals surface area contributed by atoms with E-state index in [0.717, 1.165) is 0 Å². The summed E-state index contributed by atoms with van der Waals surface area (Å²) in [6.45, 7) is 6.25. The highest BCUT2D eigenvalue weighted by Gasteiger charge is 2.37. The number of hydrogen-bond acceptors (Lipinski definition) is 4. The van der Waals surface area contributed by atoms with E-state index in [1.807, 2.05) is 0 Å². The monoisotopic (exact) mass is 293 g/mol. The van der Waals surface area contributed by atoms with Gasteiger partial charge in [-0.1, -0.05) is 0 Å². The van der Waals surface area contributed by atoms with E-state index >= 15 is 0 Å². The van der Waals surface area contributed by atoms with Gasteiger partial charge in [0.2, 0.25) is 0 Å². The van der Waals surface area contributed by atoms with Crippen LogP contribution in [-0.4, -0.2) is 47.7 Å². The Labute approximate surface area is 117 Å². The smallest absolute Gasteiger partial charge is 0.410 e. The third kappa shape index (κ3) is 5.30. The molecular weight excluding hydrogens is 272 g/mol. The van der Waals surface area contributed by atoms with Crippen molar-refractivity contribution in [3.63, 3.8) is 0 Å². The molecular formula is C13H21F2NO4. The van der Waals surface area contributed by atoms with E-state index in [2.05, 4.69) is 0 Å². The Morgan fingerprint density at radius 3 is 2.30 bits per heavy atom. The molecule has 0 aromatic carbocycles. The highest BCUT2D eigenvalue weighted by molar-refractivity contribution is 5.77. The minimum absolute atomic E-state index is 0.0801. The van der Waals surface area contributed by atoms with Crippen LogP contribution in [0.5, 0.6) is 0 Å². The van der Waals surface area contributed by atoms with Crippen molar-refractivity contribution < 1.29 is 27.8 Å². The molecule has 7 heteroatoms. The number of esters is 1. The van der Waals surface area contributed by atoms with Crippen molar-refractivity contribution in [3.05, 3.63) is 0 Å². The van der Waals surface area contributed by atoms with Gasteiger partial charge in [0.25, 0.3) is 0 Å². The summed E-state index contributed by atoms with van der Waals surface area (Å²) in [5, 5.41) is 0. The highest BCUT2D eigenvalue weighted by atomic mass is 19.3. The molecule has 1 fully saturated rings. The maximum Gasteiger partial charge on any atom is 0.410 e. The second-order valence-electron chi connectivity index (χ2n) is 5.98. The van der Waals surface area contributed by atoms with Crippen molar-refractivity contribution >= 4 is 12.1 Å². The van der Waals surface area contributed by atoms with Crippen molar-refractivity contribution in [2.75, 3.05) is 13.1 Å². The zero-order valence-electron chi connectivity index (χ0n) is 12.2. The van der Waals surface area contributed by atoms with Gasteiger partial charge in [-0.3, -0.25) is 0 Å². The van der Waals surface area contributed by atoms with Crippen LogP contribution in [0.3, 0.4) is 0 Å². The van der Waals surface area contributed by atoms with E-state index in [1.54, 1.807) is 20.8 Å². The number of nitrogens with zero attached hydrogens (tertiary/aromatic N) is 1. The molecule has 1 atom stereocenters. The quantitative estimate of drug-likeness (QED) is 0.734. The number of hydrogen-bond donors (Lipinski definition) is 0. The molecule has 1 rings (SSSR count). The van der Waals surface area contributed by atoms with Crippen molar-refractivity contribution in [2.24, 2.45) is 0 Å². The molecule has 1 saturated heterocycles. The second kappa shape index (κ2) is 5.93. The summed E-state index contributed by atoms with van der Waals surface area (Å²) < 4.78 is 35.5. The van der Waals surface area contributed by atoms with Gasteiger partial charge in [-0.05, 0) is 33.6 Å². The molecule has 0 bridgehead atoms. The Morgan fingerprint density at radius 2 is 1.80 bits per heavy atom. The van der Waals surface area contributed by atoms with E-state index in [4.69, 9.17) is 9.47 Å². The van der Waals surface area contributed by atoms with Crippen LogP contribution >= 0.6 is 0 Å². The first-order valence-electron chi connectivity index (χ1n) is 6.56. The van der Waals surface area contributed by atoms with Gasteiger partial charge >= 0.3 is 18.0 Å². The van der Waals surface area contributed by atoms with Gasteiger partial charge in [0, 0.05) is 13.5 Å². The summed E-state index contributed by atoms with van der Waals surface area (Å²) in [7, 11) is 0. The van der Waals surface area contributed by atoms with E-state index in [9.17, 15) is 18.4 Å². The van der Waals surface area contributed by atoms with Gasteiger partial charge in [-0.15, -0.1) is 0 Å². The SMILES string of the molecule is CC(C)(C)OC(=O)N1CCCC(OC(=O)C(C)(F)F)C1. The highest BCUT2D eigenvalue weighted by Crippen LogP contribution is 2.20. The average molecular weight is 293 g/mol. The summed E-state index contributed by atoms with van der Waals surface area (Å²) in [5.41, 5.74) is -0.628. The molecule has 20 heavy (non-hydrogen) atoms. The minimum Gasteiger partial charge on any atom is -0.456 e. The summed E-state index contributed by atoms with van der Waals surface area (Å²) >= 11 is 0. The van der Waals surface area contributed by atoms with Crippen molar-refractivity contribution in [2.45, 2.75) is 58.2 Å². The summed E-state index contributed by atoms with van der Waals surface area (Å²) in [6.07, 6.45) is -0.204. The fraction of sp³-hybridized carbons (Fsp3) is 0.846. The van der Waals surface area contributed by atoms with Gasteiger partial charge in [0.05, 0.1) is 6.54 Å². The third-order valence-electron chi connectivity index (χ3n) is 2.66. The average Bonchev–Trinajstić information content (AvgIpc) is 2.25. The zero-order chi connectivity index (χ0) is 15.6. The van der Waals surface area contributed by atoms with Crippen LogP contribution in [0.4, 0.5) is 13.6 Å². The molecule has 1 heterocycles. The molecule has 0 aliphatic carbocycles. The van der Waals surface area contributed by atoms with Gasteiger partial charge in [0.1, 0.15) is 11.7 Å². The second-order valence-corrected chi connectivity index (χ2v) is 5.98. The van der Waals surface area contributed by atoms with Gasteiger partial charge in [-0.2, -0.15) is 8.78 Å². The number of amides is 1. The Morgan fingerprint density at radius 1 is 1.20 bits per heavy atom. The van der Waals surface area contributed by atoms with Crippen molar-refractivity contribution in [1.29, 1.82) is 0 Å². The van der Waals surface area contributed by atoms with Crippen LogP contribution in [0.1, 0.15) is 40.5 Å². The van der Waals surface area contributed by atoms with Crippen LogP contribution in [-0.2, 0) is 14.3 Å². The predicted octanol–water partition coefficient (Wildman–Crippen LogP) is 2.58. The summed E-state index contributed by atoms with van der Waals surface area (Å²) in [4.78, 5) is 24.4. The lowest BCUT2D eigenvalue weighted by Gasteiger charge is -2.34. The molecule has 0 aromatic rings. The molecule has 1 amide bonds. The number of rotatable bonds is 2. The number of likely N-dealkylation sites (tertiary alicyclic amines) is 1. The Balaban J connectivity index is 2.55. The van der Waals surface area contributed by atoms with E-state index in [0.29, 0.717) is 26.3 Å². The standard InChI is InChI=1S/C13H21F2NO4/c1-12(2,3)20-11(18)16-7-5-6-9(8-16)19-10(17)13(4,14)15/h9H,5-8H2,1-4H3. The van der Waals surface area contributed by atoms with Gasteiger partial charge in [0.15, 0.2) is 0 Å². The molecule has 0 aromatic heterocycles. The number of carbonyl (C=O) groups is 2. The first-order chi connectivity index (χ1) is 8.99. The molecule has 5 nitrogen and oxygen atoms in total. The van der Waals surface area contributed by atoms with Crippen molar-refractivity contribution in [3.8, 4) is 0 Å². The predicted molar refractivity (Wildman–Crippen MR) is 67.5 cm³/mol. The maximum atomic E-state index is 12.8. The van der Waals surface area contributed by atoms with E-state index in [1.165, 1.54) is 4.90 Å². The zero-order valence-corrected chi connectivity index (χ0v) is 12.2. The largest absolute Gasteiger partial charge is 0.456 e. The van der Waals surface area contributed by atoms with E-state index in [-0.39, 0.29) is 6.54 Å². The lowest BCUT2D eigenvalue weighted by Crippen LogP contribution is -2.47. The molecule has 0 spiro atoms. The molecule has 0 N–H and O–H groups in total. The summed E-state index contributed by atoms with van der Waals surface area (Å²) in [6, 6.07) is 0. The number of ether oxygens (including phenoxy) is 2. The number of halogens is 2. The molecule has 1 unspecified atom stereocenters. The van der Waals surface area contributed by atoms with Crippen LogP contribution in [0.25, 0.3) is 0 Å². The van der Waals surface area contributed by atoms with Crippen LogP contribution < -0.4 is 0 Å². The first kappa shape index (κ1) is 16.7. The number of piperidine rings is 1. The molecule has 0 radical (unpaired) electrons. The number of carbonyl (C=O) groups excluding carboxylic acids is 2. The lowest BCUT2D eigenvalue weighted by atomic mass is 10.1. The fourth-order valence-electron chi connectivity index (χ4n) is 1.78. The topological polar surface area (TPSA) is 55.8 Å². The first-order valence-corrected chi connectivity index (χ1v) is 6.56. The molecule has 0 saturated carbocycles. The van der Waals surface area contributed by atoms with Gasteiger partial charge < -0.3 is 14.4 Å². The molecule has 1 aliphatic rings. The van der Waals surface area contributed by atoms with Crippen LogP contribution in [0, 0.1) is 0 Å². The Hall–Kier alpha value is -1.40. The van der Waals surface area contributed by atoms with E-state index < -0.39 is 29.7 Å². The third-order valence-corrected chi connectivity index (χ3v) is 2.66. The lowest BCUT2D eigenvalue weighted by molar-refractivity contribution is -0.177. The van der Waals surface area contributed by atoms with Crippen molar-refractivity contribution in [1.82, 2.24) is 4.90 Å². The summed E-state index contributed by atoms with van der Waals surface area (Å²) in [5.74, 6) is -5.08.